The van der Waals surface area contributed by atoms with Gasteiger partial charge in [0, 0.05) is 30.3 Å². The minimum atomic E-state index is -0.708. The Kier molecular flexibility index (Phi) is 5.57. The van der Waals surface area contributed by atoms with E-state index in [4.69, 9.17) is 10.5 Å². The third-order valence-electron chi connectivity index (χ3n) is 4.89. The first-order valence-corrected chi connectivity index (χ1v) is 9.81. The van der Waals surface area contributed by atoms with E-state index < -0.39 is 5.91 Å². The molecule has 2 fully saturated rings. The predicted octanol–water partition coefficient (Wildman–Crippen LogP) is 1.80. The van der Waals surface area contributed by atoms with Crippen molar-refractivity contribution in [2.75, 3.05) is 23.7 Å². The molecule has 1 aromatic heterocycles. The molecule has 9 heteroatoms. The molecule has 9 nitrogen and oxygen atoms in total. The van der Waals surface area contributed by atoms with E-state index >= 15 is 0 Å². The summed E-state index contributed by atoms with van der Waals surface area (Å²) in [4.78, 5) is 23.7. The van der Waals surface area contributed by atoms with E-state index in [1.165, 1.54) is 0 Å². The fourth-order valence-corrected chi connectivity index (χ4v) is 3.22. The van der Waals surface area contributed by atoms with Crippen LogP contribution in [0.15, 0.2) is 30.3 Å². The molecular weight excluding hydrogens is 372 g/mol. The molecule has 2 aromatic rings. The van der Waals surface area contributed by atoms with E-state index in [0.29, 0.717) is 11.4 Å². The molecule has 1 aromatic carbocycles. The highest BCUT2D eigenvalue weighted by Gasteiger charge is 2.30. The first-order valence-electron chi connectivity index (χ1n) is 9.81. The minimum Gasteiger partial charge on any atom is -0.489 e. The lowest BCUT2D eigenvalue weighted by Gasteiger charge is -2.24. The minimum absolute atomic E-state index is 0.00257. The maximum absolute atomic E-state index is 12.0. The van der Waals surface area contributed by atoms with Gasteiger partial charge in [0.2, 0.25) is 5.91 Å². The molecule has 1 saturated heterocycles. The summed E-state index contributed by atoms with van der Waals surface area (Å²) in [5.74, 6) is 0.241. The summed E-state index contributed by atoms with van der Waals surface area (Å²) in [6.45, 7) is 1.84. The monoisotopic (exact) mass is 396 g/mol. The van der Waals surface area contributed by atoms with Gasteiger partial charge in [-0.1, -0.05) is 6.07 Å². The van der Waals surface area contributed by atoms with Crippen LogP contribution in [0.1, 0.15) is 36.2 Å². The second-order valence-electron chi connectivity index (χ2n) is 7.36. The molecule has 1 saturated carbocycles. The lowest BCUT2D eigenvalue weighted by molar-refractivity contribution is -0.117. The van der Waals surface area contributed by atoms with E-state index in [1.54, 1.807) is 6.07 Å². The van der Waals surface area contributed by atoms with Gasteiger partial charge in [0.1, 0.15) is 11.9 Å². The number of primary amides is 1. The number of ether oxygens (including phenoxy) is 1. The van der Waals surface area contributed by atoms with Gasteiger partial charge in [-0.3, -0.25) is 9.59 Å². The van der Waals surface area contributed by atoms with Crippen molar-refractivity contribution < 1.29 is 14.3 Å². The standard InChI is InChI=1S/C20H24N6O3/c21-19(27)18-16(10-17(25-26-18)24-20(28)12-6-7-12)23-13-3-1-4-14(9-13)29-15-5-2-8-22-11-15/h1,3-4,9-10,12,15,22H,2,5-8,11H2,(H2,21,27)(H2,23,24,25,28). The fourth-order valence-electron chi connectivity index (χ4n) is 3.22. The maximum atomic E-state index is 12.0. The van der Waals surface area contributed by atoms with Gasteiger partial charge in [-0.15, -0.1) is 10.2 Å². The molecule has 2 aliphatic rings. The summed E-state index contributed by atoms with van der Waals surface area (Å²) < 4.78 is 6.04. The zero-order chi connectivity index (χ0) is 20.2. The van der Waals surface area contributed by atoms with Gasteiger partial charge < -0.3 is 26.4 Å². The Labute approximate surface area is 168 Å². The average molecular weight is 396 g/mol. The number of nitrogens with one attached hydrogen (secondary N) is 3. The highest BCUT2D eigenvalue weighted by molar-refractivity contribution is 5.98. The van der Waals surface area contributed by atoms with Gasteiger partial charge >= 0.3 is 0 Å². The molecule has 1 aliphatic carbocycles. The number of nitrogens with two attached hydrogens (primary N) is 1. The molecule has 0 radical (unpaired) electrons. The second-order valence-corrected chi connectivity index (χ2v) is 7.36. The first kappa shape index (κ1) is 19.1. The van der Waals surface area contributed by atoms with Crippen LogP contribution in [0.25, 0.3) is 0 Å². The van der Waals surface area contributed by atoms with Crippen LogP contribution in [0.2, 0.25) is 0 Å². The van der Waals surface area contributed by atoms with Gasteiger partial charge in [0.25, 0.3) is 5.91 Å². The van der Waals surface area contributed by atoms with Crippen molar-refractivity contribution in [3.8, 4) is 5.75 Å². The quantitative estimate of drug-likeness (QED) is 0.561. The number of carbonyl (C=O) groups excluding carboxylic acids is 2. The van der Waals surface area contributed by atoms with Crippen LogP contribution in [-0.2, 0) is 4.79 Å². The van der Waals surface area contributed by atoms with E-state index in [2.05, 4.69) is 26.1 Å². The van der Waals surface area contributed by atoms with Crippen molar-refractivity contribution in [1.29, 1.82) is 0 Å². The highest BCUT2D eigenvalue weighted by Crippen LogP contribution is 2.30. The van der Waals surface area contributed by atoms with E-state index in [0.717, 1.165) is 44.5 Å². The van der Waals surface area contributed by atoms with Crippen molar-refractivity contribution in [3.63, 3.8) is 0 Å². The van der Waals surface area contributed by atoms with Crippen LogP contribution < -0.4 is 26.4 Å². The SMILES string of the molecule is NC(=O)c1nnc(NC(=O)C2CC2)cc1Nc1cccc(OC2CCCNC2)c1. The normalized spacial score (nSPS) is 18.7. The lowest BCUT2D eigenvalue weighted by atomic mass is 10.1. The van der Waals surface area contributed by atoms with Gasteiger partial charge in [-0.25, -0.2) is 0 Å². The second kappa shape index (κ2) is 8.44. The van der Waals surface area contributed by atoms with E-state index in [9.17, 15) is 9.59 Å². The van der Waals surface area contributed by atoms with Crippen LogP contribution in [0, 0.1) is 5.92 Å². The number of piperidine rings is 1. The van der Waals surface area contributed by atoms with Crippen LogP contribution in [0.4, 0.5) is 17.2 Å². The number of nitrogens with zero attached hydrogens (tertiary/aromatic N) is 2. The van der Waals surface area contributed by atoms with Crippen molar-refractivity contribution in [3.05, 3.63) is 36.0 Å². The summed E-state index contributed by atoms with van der Waals surface area (Å²) in [6.07, 6.45) is 3.99. The van der Waals surface area contributed by atoms with Crippen molar-refractivity contribution in [2.24, 2.45) is 11.7 Å². The first-order chi connectivity index (χ1) is 14.1. The van der Waals surface area contributed by atoms with E-state index in [-0.39, 0.29) is 29.4 Å². The molecule has 1 atom stereocenters. The number of benzene rings is 1. The zero-order valence-corrected chi connectivity index (χ0v) is 16.0. The Balaban J connectivity index is 1.51. The Bertz CT molecular complexity index is 909. The highest BCUT2D eigenvalue weighted by atomic mass is 16.5. The Morgan fingerprint density at radius 1 is 1.17 bits per heavy atom. The number of anilines is 3. The van der Waals surface area contributed by atoms with Gasteiger partial charge in [0.05, 0.1) is 5.69 Å². The lowest BCUT2D eigenvalue weighted by Crippen LogP contribution is -2.37. The predicted molar refractivity (Wildman–Crippen MR) is 108 cm³/mol. The van der Waals surface area contributed by atoms with Crippen molar-refractivity contribution >= 4 is 29.0 Å². The summed E-state index contributed by atoms with van der Waals surface area (Å²) in [6, 6.07) is 9.01. The number of carbonyl (C=O) groups is 2. The Morgan fingerprint density at radius 2 is 2.03 bits per heavy atom. The Morgan fingerprint density at radius 3 is 2.76 bits per heavy atom. The smallest absolute Gasteiger partial charge is 0.271 e. The molecule has 152 valence electrons. The van der Waals surface area contributed by atoms with Crippen LogP contribution in [-0.4, -0.2) is 41.2 Å². The van der Waals surface area contributed by atoms with E-state index in [1.807, 2.05) is 24.3 Å². The number of amides is 2. The summed E-state index contributed by atoms with van der Waals surface area (Å²) >= 11 is 0. The van der Waals surface area contributed by atoms with Crippen LogP contribution in [0.5, 0.6) is 5.75 Å². The number of hydrogen-bond acceptors (Lipinski definition) is 7. The van der Waals surface area contributed by atoms with Gasteiger partial charge in [-0.2, -0.15) is 0 Å². The molecule has 2 amide bonds. The third-order valence-corrected chi connectivity index (χ3v) is 4.89. The molecule has 29 heavy (non-hydrogen) atoms. The number of rotatable bonds is 7. The van der Waals surface area contributed by atoms with Crippen LogP contribution in [0.3, 0.4) is 0 Å². The molecule has 2 heterocycles. The number of aromatic nitrogens is 2. The Hall–Kier alpha value is -3.20. The topological polar surface area (TPSA) is 131 Å². The average Bonchev–Trinajstić information content (AvgIpc) is 3.54. The molecule has 1 aliphatic heterocycles. The van der Waals surface area contributed by atoms with Gasteiger partial charge in [-0.05, 0) is 44.4 Å². The van der Waals surface area contributed by atoms with Crippen molar-refractivity contribution in [2.45, 2.75) is 31.8 Å². The third kappa shape index (κ3) is 5.00. The van der Waals surface area contributed by atoms with Gasteiger partial charge in [0.15, 0.2) is 11.5 Å². The molecule has 0 spiro atoms. The molecule has 0 bridgehead atoms. The molecular formula is C20H24N6O3. The summed E-state index contributed by atoms with van der Waals surface area (Å²) in [5, 5.41) is 17.0. The molecule has 4 rings (SSSR count). The molecule has 5 N–H and O–H groups in total. The van der Waals surface area contributed by atoms with Crippen molar-refractivity contribution in [1.82, 2.24) is 15.5 Å². The summed E-state index contributed by atoms with van der Waals surface area (Å²) in [5.41, 5.74) is 6.51. The summed E-state index contributed by atoms with van der Waals surface area (Å²) in [7, 11) is 0. The molecule has 1 unspecified atom stereocenters. The van der Waals surface area contributed by atoms with Crippen LogP contribution >= 0.6 is 0 Å². The fraction of sp³-hybridized carbons (Fsp3) is 0.400. The maximum Gasteiger partial charge on any atom is 0.271 e. The zero-order valence-electron chi connectivity index (χ0n) is 16.0. The largest absolute Gasteiger partial charge is 0.489 e. The number of hydrogen-bond donors (Lipinski definition) is 4.